The molecule has 2 amide bonds. The van der Waals surface area contributed by atoms with Crippen LogP contribution >= 0.6 is 0 Å². The molecule has 2 aliphatic heterocycles. The zero-order chi connectivity index (χ0) is 19.8. The second-order valence-corrected chi connectivity index (χ2v) is 7.66. The second-order valence-electron chi connectivity index (χ2n) is 7.66. The minimum Gasteiger partial charge on any atom is -0.481 e. The van der Waals surface area contributed by atoms with Gasteiger partial charge in [-0.05, 0) is 43.6 Å². The van der Waals surface area contributed by atoms with E-state index in [0.717, 1.165) is 31.2 Å². The van der Waals surface area contributed by atoms with E-state index < -0.39 is 5.97 Å². The average molecular weight is 386 g/mol. The van der Waals surface area contributed by atoms with Crippen LogP contribution in [0.3, 0.4) is 0 Å². The van der Waals surface area contributed by atoms with Gasteiger partial charge in [0, 0.05) is 25.4 Å². The Hall–Kier alpha value is -2.34. The molecular formula is C22H30N2O4. The van der Waals surface area contributed by atoms with Gasteiger partial charge in [0.25, 0.3) is 0 Å². The Kier molecular flexibility index (Phi) is 7.48. The fourth-order valence-electron chi connectivity index (χ4n) is 4.27. The first-order chi connectivity index (χ1) is 13.6. The Morgan fingerprint density at radius 1 is 1.07 bits per heavy atom. The lowest BCUT2D eigenvalue weighted by molar-refractivity contribution is -0.137. The van der Waals surface area contributed by atoms with E-state index in [1.165, 1.54) is 0 Å². The van der Waals surface area contributed by atoms with Gasteiger partial charge in [-0.2, -0.15) is 0 Å². The van der Waals surface area contributed by atoms with Crippen LogP contribution in [0.5, 0.6) is 0 Å². The molecule has 4 atom stereocenters. The van der Waals surface area contributed by atoms with Gasteiger partial charge in [-0.3, -0.25) is 4.79 Å². The lowest BCUT2D eigenvalue weighted by atomic mass is 9.77. The van der Waals surface area contributed by atoms with E-state index >= 15 is 0 Å². The number of urea groups is 1. The molecule has 28 heavy (non-hydrogen) atoms. The third kappa shape index (κ3) is 5.83. The van der Waals surface area contributed by atoms with Gasteiger partial charge in [0.1, 0.15) is 0 Å². The Bertz CT molecular complexity index is 676. The number of ether oxygens (including phenoxy) is 1. The van der Waals surface area contributed by atoms with Crippen LogP contribution < -0.4 is 10.6 Å². The summed E-state index contributed by atoms with van der Waals surface area (Å²) in [5, 5.41) is 14.6. The number of hydrogen-bond acceptors (Lipinski definition) is 3. The third-order valence-corrected chi connectivity index (χ3v) is 5.72. The number of fused-ring (bicyclic) bond motifs is 2. The Balaban J connectivity index is 1.40. The van der Waals surface area contributed by atoms with Crippen LogP contribution in [0.15, 0.2) is 42.5 Å². The van der Waals surface area contributed by atoms with Gasteiger partial charge in [0.2, 0.25) is 0 Å². The van der Waals surface area contributed by atoms with E-state index in [1.54, 1.807) is 0 Å². The number of allylic oxidation sites excluding steroid dienone is 2. The Morgan fingerprint density at radius 3 is 2.57 bits per heavy atom. The van der Waals surface area contributed by atoms with Crippen LogP contribution in [-0.2, 0) is 16.1 Å². The van der Waals surface area contributed by atoms with Crippen LogP contribution in [0.1, 0.15) is 44.1 Å². The lowest BCUT2D eigenvalue weighted by Crippen LogP contribution is -2.42. The molecule has 3 N–H and O–H groups in total. The summed E-state index contributed by atoms with van der Waals surface area (Å²) < 4.78 is 6.09. The van der Waals surface area contributed by atoms with E-state index in [9.17, 15) is 9.59 Å². The molecule has 2 saturated heterocycles. The van der Waals surface area contributed by atoms with Crippen molar-refractivity contribution in [2.45, 2.75) is 57.3 Å². The van der Waals surface area contributed by atoms with Crippen molar-refractivity contribution >= 4 is 12.0 Å². The zero-order valence-electron chi connectivity index (χ0n) is 16.2. The number of aliphatic carboxylic acids is 1. The van der Waals surface area contributed by atoms with Gasteiger partial charge >= 0.3 is 12.0 Å². The SMILES string of the molecule is O=C(O)CCCC=CC[C@@H]1[C@H](CNC(=O)NCc2ccccc2)[C@@H]2CC[C@H]1O2. The van der Waals surface area contributed by atoms with Crippen LogP contribution in [0, 0.1) is 11.8 Å². The van der Waals surface area contributed by atoms with Crippen LogP contribution in [-0.4, -0.2) is 35.9 Å². The topological polar surface area (TPSA) is 87.7 Å². The maximum atomic E-state index is 12.1. The molecule has 152 valence electrons. The Labute approximate surface area is 166 Å². The molecule has 2 aliphatic rings. The van der Waals surface area contributed by atoms with Crippen molar-refractivity contribution in [1.29, 1.82) is 0 Å². The molecule has 0 radical (unpaired) electrons. The van der Waals surface area contributed by atoms with E-state index in [4.69, 9.17) is 9.84 Å². The van der Waals surface area contributed by atoms with Gasteiger partial charge < -0.3 is 20.5 Å². The van der Waals surface area contributed by atoms with Gasteiger partial charge in [-0.15, -0.1) is 0 Å². The lowest BCUT2D eigenvalue weighted by Gasteiger charge is -2.27. The van der Waals surface area contributed by atoms with Crippen molar-refractivity contribution in [3.8, 4) is 0 Å². The first kappa shape index (κ1) is 20.4. The van der Waals surface area contributed by atoms with Gasteiger partial charge in [-0.1, -0.05) is 42.5 Å². The summed E-state index contributed by atoms with van der Waals surface area (Å²) in [5.74, 6) is 0.0142. The predicted molar refractivity (Wildman–Crippen MR) is 107 cm³/mol. The molecule has 1 aromatic carbocycles. The van der Waals surface area contributed by atoms with Crippen molar-refractivity contribution in [3.05, 3.63) is 48.0 Å². The number of carboxylic acid groups (broad SMARTS) is 1. The summed E-state index contributed by atoms with van der Waals surface area (Å²) in [5.41, 5.74) is 1.08. The molecule has 2 bridgehead atoms. The first-order valence-electron chi connectivity index (χ1n) is 10.2. The highest BCUT2D eigenvalue weighted by Gasteiger charge is 2.47. The van der Waals surface area contributed by atoms with Crippen molar-refractivity contribution < 1.29 is 19.4 Å². The molecule has 0 spiro atoms. The first-order valence-corrected chi connectivity index (χ1v) is 10.2. The fraction of sp³-hybridized carbons (Fsp3) is 0.545. The smallest absolute Gasteiger partial charge is 0.315 e. The number of carbonyl (C=O) groups is 2. The number of nitrogens with one attached hydrogen (secondary N) is 2. The van der Waals surface area contributed by atoms with E-state index in [1.807, 2.05) is 30.3 Å². The standard InChI is InChI=1S/C22H30N2O4/c25-21(26)11-7-2-1-6-10-17-18(20-13-12-19(17)28-20)15-24-22(27)23-14-16-8-4-3-5-9-16/h1,3-6,8-9,17-20H,2,7,10-15H2,(H,25,26)(H2,23,24,27)/t17-,18+,19-,20+/m1/s1. The van der Waals surface area contributed by atoms with Crippen LogP contribution in [0.2, 0.25) is 0 Å². The summed E-state index contributed by atoms with van der Waals surface area (Å²) in [6, 6.07) is 9.71. The highest BCUT2D eigenvalue weighted by Crippen LogP contribution is 2.44. The average Bonchev–Trinajstić information content (AvgIpc) is 3.30. The number of benzene rings is 1. The molecule has 1 aromatic rings. The zero-order valence-corrected chi connectivity index (χ0v) is 16.2. The number of carbonyl (C=O) groups excluding carboxylic acids is 1. The molecule has 2 fully saturated rings. The fourth-order valence-corrected chi connectivity index (χ4v) is 4.27. The summed E-state index contributed by atoms with van der Waals surface area (Å²) in [4.78, 5) is 22.7. The number of carboxylic acids is 1. The van der Waals surface area contributed by atoms with Gasteiger partial charge in [0.15, 0.2) is 0 Å². The molecule has 0 aliphatic carbocycles. The number of hydrogen-bond donors (Lipinski definition) is 3. The summed E-state index contributed by atoms with van der Waals surface area (Å²) >= 11 is 0. The largest absolute Gasteiger partial charge is 0.481 e. The normalized spacial score (nSPS) is 25.9. The summed E-state index contributed by atoms with van der Waals surface area (Å²) in [7, 11) is 0. The van der Waals surface area contributed by atoms with E-state index in [2.05, 4.69) is 22.8 Å². The number of amides is 2. The maximum absolute atomic E-state index is 12.1. The molecule has 0 saturated carbocycles. The van der Waals surface area contributed by atoms with Gasteiger partial charge in [-0.25, -0.2) is 4.79 Å². The quantitative estimate of drug-likeness (QED) is 0.424. The van der Waals surface area contributed by atoms with Gasteiger partial charge in [0.05, 0.1) is 12.2 Å². The highest BCUT2D eigenvalue weighted by atomic mass is 16.5. The number of rotatable bonds is 10. The molecule has 6 heteroatoms. The Morgan fingerprint density at radius 2 is 1.82 bits per heavy atom. The van der Waals surface area contributed by atoms with Crippen molar-refractivity contribution in [3.63, 3.8) is 0 Å². The molecule has 3 rings (SSSR count). The van der Waals surface area contributed by atoms with Crippen molar-refractivity contribution in [1.82, 2.24) is 10.6 Å². The third-order valence-electron chi connectivity index (χ3n) is 5.72. The minimum atomic E-state index is -0.744. The molecule has 0 unspecified atom stereocenters. The molecule has 0 aromatic heterocycles. The van der Waals surface area contributed by atoms with Crippen LogP contribution in [0.4, 0.5) is 4.79 Å². The second kappa shape index (κ2) is 10.3. The van der Waals surface area contributed by atoms with Crippen molar-refractivity contribution in [2.24, 2.45) is 11.8 Å². The summed E-state index contributed by atoms with van der Waals surface area (Å²) in [6.07, 6.45) is 9.52. The van der Waals surface area contributed by atoms with Crippen LogP contribution in [0.25, 0.3) is 0 Å². The monoisotopic (exact) mass is 386 g/mol. The summed E-state index contributed by atoms with van der Waals surface area (Å²) in [6.45, 7) is 1.14. The maximum Gasteiger partial charge on any atom is 0.315 e. The molecule has 2 heterocycles. The van der Waals surface area contributed by atoms with E-state index in [0.29, 0.717) is 31.3 Å². The predicted octanol–water partition coefficient (Wildman–Crippen LogP) is 3.48. The minimum absolute atomic E-state index is 0.144. The molecular weight excluding hydrogens is 356 g/mol. The van der Waals surface area contributed by atoms with E-state index in [-0.39, 0.29) is 24.7 Å². The number of unbranched alkanes of at least 4 members (excludes halogenated alkanes) is 1. The highest BCUT2D eigenvalue weighted by molar-refractivity contribution is 5.73. The molecule has 6 nitrogen and oxygen atoms in total. The van der Waals surface area contributed by atoms with Crippen molar-refractivity contribution in [2.75, 3.05) is 6.54 Å².